The van der Waals surface area contributed by atoms with Crippen LogP contribution in [0, 0.1) is 0 Å². The summed E-state index contributed by atoms with van der Waals surface area (Å²) in [4.78, 5) is 14.7. The van der Waals surface area contributed by atoms with E-state index < -0.39 is 0 Å². The Morgan fingerprint density at radius 3 is 2.26 bits per heavy atom. The lowest BCUT2D eigenvalue weighted by molar-refractivity contribution is 0.102. The zero-order valence-electron chi connectivity index (χ0n) is 14.3. The fourth-order valence-corrected chi connectivity index (χ4v) is 4.62. The van der Waals surface area contributed by atoms with Crippen LogP contribution in [0.4, 0.5) is 5.69 Å². The van der Waals surface area contributed by atoms with Crippen LogP contribution < -0.4 is 5.32 Å². The molecule has 0 aliphatic rings. The molecule has 27 heavy (non-hydrogen) atoms. The van der Waals surface area contributed by atoms with E-state index in [4.69, 9.17) is 23.2 Å². The van der Waals surface area contributed by atoms with Crippen LogP contribution in [0.15, 0.2) is 82.6 Å². The van der Waals surface area contributed by atoms with Crippen molar-refractivity contribution in [3.63, 3.8) is 0 Å². The molecule has 1 N–H and O–H groups in total. The van der Waals surface area contributed by atoms with Crippen molar-refractivity contribution >= 4 is 58.3 Å². The lowest BCUT2D eigenvalue weighted by Crippen LogP contribution is -2.13. The van der Waals surface area contributed by atoms with Gasteiger partial charge in [0.2, 0.25) is 0 Å². The minimum Gasteiger partial charge on any atom is -0.321 e. The van der Waals surface area contributed by atoms with Gasteiger partial charge in [-0.1, -0.05) is 47.5 Å². The number of halogens is 2. The highest BCUT2D eigenvalue weighted by molar-refractivity contribution is 8.03. The van der Waals surface area contributed by atoms with Gasteiger partial charge in [0.15, 0.2) is 0 Å². The lowest BCUT2D eigenvalue weighted by atomic mass is 10.2. The molecule has 0 aliphatic carbocycles. The van der Waals surface area contributed by atoms with Crippen LogP contribution in [-0.2, 0) is 0 Å². The number of benzene rings is 3. The van der Waals surface area contributed by atoms with Crippen LogP contribution in [0.1, 0.15) is 10.4 Å². The highest BCUT2D eigenvalue weighted by Crippen LogP contribution is 2.30. The number of para-hydroxylation sites is 1. The molecule has 6 heteroatoms. The van der Waals surface area contributed by atoms with Crippen LogP contribution in [0.3, 0.4) is 0 Å². The van der Waals surface area contributed by atoms with E-state index in [9.17, 15) is 4.79 Å². The van der Waals surface area contributed by atoms with Crippen molar-refractivity contribution in [3.8, 4) is 0 Å². The van der Waals surface area contributed by atoms with Gasteiger partial charge in [-0.05, 0) is 48.5 Å². The molecule has 0 unspecified atom stereocenters. The normalized spacial score (nSPS) is 10.6. The van der Waals surface area contributed by atoms with Crippen molar-refractivity contribution in [1.82, 2.24) is 0 Å². The summed E-state index contributed by atoms with van der Waals surface area (Å²) in [5.41, 5.74) is 1.26. The third-order valence-corrected chi connectivity index (χ3v) is 6.61. The molecule has 0 saturated heterocycles. The molecule has 0 radical (unpaired) electrons. The maximum Gasteiger partial charge on any atom is 0.257 e. The third-order valence-electron chi connectivity index (χ3n) is 3.68. The number of carbonyl (C=O) groups excluding carboxylic acids is 1. The average Bonchev–Trinajstić information content (AvgIpc) is 2.68. The summed E-state index contributed by atoms with van der Waals surface area (Å²) >= 11 is 15.5. The van der Waals surface area contributed by atoms with Crippen molar-refractivity contribution in [2.45, 2.75) is 9.79 Å². The summed E-state index contributed by atoms with van der Waals surface area (Å²) in [5, 5.41) is 4.16. The van der Waals surface area contributed by atoms with E-state index in [1.165, 1.54) is 4.90 Å². The second-order valence-electron chi connectivity index (χ2n) is 5.58. The van der Waals surface area contributed by atoms with Crippen LogP contribution in [0.5, 0.6) is 0 Å². The fourth-order valence-electron chi connectivity index (χ4n) is 2.37. The molecule has 3 rings (SSSR count). The summed E-state index contributed by atoms with van der Waals surface area (Å²) in [6, 6.07) is 22.7. The third kappa shape index (κ3) is 5.94. The predicted molar refractivity (Wildman–Crippen MR) is 119 cm³/mol. The summed E-state index contributed by atoms with van der Waals surface area (Å²) in [5.74, 6) is 1.68. The van der Waals surface area contributed by atoms with Gasteiger partial charge in [-0.15, -0.1) is 23.5 Å². The number of amides is 1. The molecule has 3 aromatic carbocycles. The molecule has 3 aromatic rings. The van der Waals surface area contributed by atoms with Gasteiger partial charge in [0.05, 0.1) is 16.3 Å². The predicted octanol–water partition coefficient (Wildman–Crippen LogP) is 7.13. The van der Waals surface area contributed by atoms with E-state index in [0.717, 1.165) is 27.1 Å². The van der Waals surface area contributed by atoms with E-state index in [2.05, 4.69) is 5.32 Å². The van der Waals surface area contributed by atoms with Crippen LogP contribution in [-0.4, -0.2) is 17.4 Å². The van der Waals surface area contributed by atoms with E-state index >= 15 is 0 Å². The largest absolute Gasteiger partial charge is 0.321 e. The Morgan fingerprint density at radius 1 is 0.815 bits per heavy atom. The number of hydrogen-bond donors (Lipinski definition) is 1. The zero-order valence-corrected chi connectivity index (χ0v) is 17.5. The molecule has 0 saturated carbocycles. The minimum absolute atomic E-state index is 0.204. The number of hydrogen-bond acceptors (Lipinski definition) is 3. The molecule has 0 bridgehead atoms. The lowest BCUT2D eigenvalue weighted by Gasteiger charge is -2.11. The first kappa shape index (κ1) is 20.2. The summed E-state index contributed by atoms with van der Waals surface area (Å²) in [6.07, 6.45) is 0. The van der Waals surface area contributed by atoms with Crippen LogP contribution in [0.2, 0.25) is 10.0 Å². The quantitative estimate of drug-likeness (QED) is 0.317. The smallest absolute Gasteiger partial charge is 0.257 e. The second-order valence-corrected chi connectivity index (χ2v) is 8.73. The Kier molecular flexibility index (Phi) is 7.53. The molecule has 2 nitrogen and oxygen atoms in total. The highest BCUT2D eigenvalue weighted by atomic mass is 35.5. The van der Waals surface area contributed by atoms with Crippen molar-refractivity contribution in [3.05, 3.63) is 88.4 Å². The van der Waals surface area contributed by atoms with Crippen molar-refractivity contribution < 1.29 is 4.79 Å². The van der Waals surface area contributed by atoms with E-state index in [0.29, 0.717) is 10.6 Å². The number of rotatable bonds is 7. The van der Waals surface area contributed by atoms with Crippen molar-refractivity contribution in [1.29, 1.82) is 0 Å². The Hall–Kier alpha value is -1.59. The standard InChI is InChI=1S/C21H17Cl2NOS2/c22-15-9-11-16(12-10-15)26-13-14-27-20-8-4-3-7-19(20)24-21(25)17-5-1-2-6-18(17)23/h1-12H,13-14H2,(H,24,25). The zero-order chi connectivity index (χ0) is 19.1. The van der Waals surface area contributed by atoms with Gasteiger partial charge in [-0.2, -0.15) is 0 Å². The van der Waals surface area contributed by atoms with Gasteiger partial charge >= 0.3 is 0 Å². The van der Waals surface area contributed by atoms with Gasteiger partial charge < -0.3 is 5.32 Å². The molecule has 0 atom stereocenters. The molecule has 1 amide bonds. The molecule has 0 spiro atoms. The molecule has 138 valence electrons. The summed E-state index contributed by atoms with van der Waals surface area (Å²) in [6.45, 7) is 0. The Bertz CT molecular complexity index is 916. The van der Waals surface area contributed by atoms with Gasteiger partial charge in [-0.25, -0.2) is 0 Å². The summed E-state index contributed by atoms with van der Waals surface area (Å²) < 4.78 is 0. The average molecular weight is 434 g/mol. The number of nitrogens with one attached hydrogen (secondary N) is 1. The second kappa shape index (κ2) is 10.1. The maximum atomic E-state index is 12.5. The van der Waals surface area contributed by atoms with Gasteiger partial charge in [0, 0.05) is 26.3 Å². The van der Waals surface area contributed by atoms with E-state index in [-0.39, 0.29) is 5.91 Å². The number of thioether (sulfide) groups is 2. The molecule has 0 aromatic heterocycles. The fraction of sp³-hybridized carbons (Fsp3) is 0.0952. The van der Waals surface area contributed by atoms with Crippen LogP contribution in [0.25, 0.3) is 0 Å². The highest BCUT2D eigenvalue weighted by Gasteiger charge is 2.12. The Labute approximate surface area is 177 Å². The molecular formula is C21H17Cl2NOS2. The van der Waals surface area contributed by atoms with Crippen molar-refractivity contribution in [2.75, 3.05) is 16.8 Å². The number of anilines is 1. The first-order valence-electron chi connectivity index (χ1n) is 8.29. The van der Waals surface area contributed by atoms with Crippen molar-refractivity contribution in [2.24, 2.45) is 0 Å². The molecular weight excluding hydrogens is 417 g/mol. The van der Waals surface area contributed by atoms with Gasteiger partial charge in [0.25, 0.3) is 5.91 Å². The first-order chi connectivity index (χ1) is 13.1. The van der Waals surface area contributed by atoms with Gasteiger partial charge in [0.1, 0.15) is 0 Å². The van der Waals surface area contributed by atoms with E-state index in [1.807, 2.05) is 48.5 Å². The topological polar surface area (TPSA) is 29.1 Å². The molecule has 0 fully saturated rings. The SMILES string of the molecule is O=C(Nc1ccccc1SCCSc1ccc(Cl)cc1)c1ccccc1Cl. The monoisotopic (exact) mass is 433 g/mol. The maximum absolute atomic E-state index is 12.5. The molecule has 0 heterocycles. The van der Waals surface area contributed by atoms with Crippen LogP contribution >= 0.6 is 46.7 Å². The minimum atomic E-state index is -0.204. The first-order valence-corrected chi connectivity index (χ1v) is 11.0. The Morgan fingerprint density at radius 2 is 1.48 bits per heavy atom. The molecule has 0 aliphatic heterocycles. The Balaban J connectivity index is 1.58. The number of carbonyl (C=O) groups is 1. The van der Waals surface area contributed by atoms with E-state index in [1.54, 1.807) is 47.8 Å². The summed E-state index contributed by atoms with van der Waals surface area (Å²) in [7, 11) is 0. The van der Waals surface area contributed by atoms with Gasteiger partial charge in [-0.3, -0.25) is 4.79 Å².